The van der Waals surface area contributed by atoms with Crippen molar-refractivity contribution in [1.29, 1.82) is 0 Å². The lowest BCUT2D eigenvalue weighted by Gasteiger charge is -2.26. The number of ether oxygens (including phenoxy) is 2. The lowest BCUT2D eigenvalue weighted by molar-refractivity contribution is -0.106. The van der Waals surface area contributed by atoms with E-state index in [4.69, 9.17) is 9.47 Å². The van der Waals surface area contributed by atoms with Crippen LogP contribution in [0, 0.1) is 0 Å². The van der Waals surface area contributed by atoms with E-state index in [0.717, 1.165) is 27.7 Å². The summed E-state index contributed by atoms with van der Waals surface area (Å²) in [4.78, 5) is 9.14. The van der Waals surface area contributed by atoms with Crippen LogP contribution in [0.5, 0.6) is 0 Å². The van der Waals surface area contributed by atoms with Gasteiger partial charge in [-0.15, -0.1) is 0 Å². The SMILES string of the molecule is OC[C@H](OCc1ccccc1)[C@H](OCc1ccccc1)c1cnc2nc3ccccc3n2c1. The predicted molar refractivity (Wildman–Crippen MR) is 127 cm³/mol. The summed E-state index contributed by atoms with van der Waals surface area (Å²) in [6.45, 7) is 0.579. The van der Waals surface area contributed by atoms with Crippen molar-refractivity contribution in [1.82, 2.24) is 14.4 Å². The quantitative estimate of drug-likeness (QED) is 0.360. The molecule has 0 saturated heterocycles. The van der Waals surface area contributed by atoms with E-state index < -0.39 is 12.2 Å². The molecule has 0 saturated carbocycles. The molecule has 0 spiro atoms. The second-order valence-corrected chi connectivity index (χ2v) is 7.89. The first kappa shape index (κ1) is 21.3. The Morgan fingerprint density at radius 2 is 1.42 bits per heavy atom. The molecule has 0 unspecified atom stereocenters. The standard InChI is InChI=1S/C27H25N3O3/c31-17-25(32-18-20-9-3-1-4-10-20)26(33-19-21-11-5-2-6-12-21)22-15-28-27-29-23-13-7-8-14-24(23)30(27)16-22/h1-16,25-26,31H,17-19H2/t25-,26+/m0/s1. The van der Waals surface area contributed by atoms with Crippen LogP contribution in [0.15, 0.2) is 97.3 Å². The molecule has 2 atom stereocenters. The summed E-state index contributed by atoms with van der Waals surface area (Å²) in [5, 5.41) is 10.2. The van der Waals surface area contributed by atoms with Crippen LogP contribution in [0.3, 0.4) is 0 Å². The van der Waals surface area contributed by atoms with Crippen LogP contribution in [0.1, 0.15) is 22.8 Å². The zero-order valence-electron chi connectivity index (χ0n) is 18.1. The van der Waals surface area contributed by atoms with Crippen molar-refractivity contribution in [3.05, 3.63) is 114 Å². The third-order valence-electron chi connectivity index (χ3n) is 5.61. The molecule has 6 heteroatoms. The molecule has 0 radical (unpaired) electrons. The van der Waals surface area contributed by atoms with E-state index in [1.165, 1.54) is 0 Å². The molecular formula is C27H25N3O3. The first-order valence-corrected chi connectivity index (χ1v) is 11.0. The molecule has 33 heavy (non-hydrogen) atoms. The highest BCUT2D eigenvalue weighted by atomic mass is 16.5. The van der Waals surface area contributed by atoms with E-state index in [1.54, 1.807) is 6.20 Å². The first-order chi connectivity index (χ1) is 16.3. The van der Waals surface area contributed by atoms with Crippen LogP contribution in [-0.2, 0) is 22.7 Å². The number of imidazole rings is 1. The van der Waals surface area contributed by atoms with E-state index in [1.807, 2.05) is 95.5 Å². The Bertz CT molecular complexity index is 1320. The van der Waals surface area contributed by atoms with Gasteiger partial charge in [0.15, 0.2) is 0 Å². The maximum atomic E-state index is 10.2. The van der Waals surface area contributed by atoms with Crippen molar-refractivity contribution in [3.8, 4) is 0 Å². The Morgan fingerprint density at radius 3 is 2.12 bits per heavy atom. The minimum Gasteiger partial charge on any atom is -0.394 e. The zero-order chi connectivity index (χ0) is 22.5. The topological polar surface area (TPSA) is 68.9 Å². The van der Waals surface area contributed by atoms with Crippen LogP contribution in [-0.4, -0.2) is 32.2 Å². The van der Waals surface area contributed by atoms with Gasteiger partial charge in [-0.1, -0.05) is 72.8 Å². The third-order valence-corrected chi connectivity index (χ3v) is 5.61. The predicted octanol–water partition coefficient (Wildman–Crippen LogP) is 4.72. The number of nitrogens with zero attached hydrogens (tertiary/aromatic N) is 3. The van der Waals surface area contributed by atoms with Crippen LogP contribution in [0.2, 0.25) is 0 Å². The second kappa shape index (κ2) is 9.92. The average molecular weight is 440 g/mol. The van der Waals surface area contributed by atoms with Gasteiger partial charge in [0.2, 0.25) is 5.78 Å². The van der Waals surface area contributed by atoms with Gasteiger partial charge in [0, 0.05) is 18.0 Å². The third kappa shape index (κ3) is 4.78. The van der Waals surface area contributed by atoms with Crippen LogP contribution in [0.4, 0.5) is 0 Å². The zero-order valence-corrected chi connectivity index (χ0v) is 18.1. The summed E-state index contributed by atoms with van der Waals surface area (Å²) in [5.74, 6) is 0.618. The van der Waals surface area contributed by atoms with Gasteiger partial charge < -0.3 is 14.6 Å². The molecule has 0 aliphatic rings. The first-order valence-electron chi connectivity index (χ1n) is 11.0. The van der Waals surface area contributed by atoms with Gasteiger partial charge >= 0.3 is 0 Å². The molecule has 0 bridgehead atoms. The lowest BCUT2D eigenvalue weighted by Crippen LogP contribution is -2.28. The molecule has 5 rings (SSSR count). The summed E-state index contributed by atoms with van der Waals surface area (Å²) in [6, 6.07) is 27.8. The van der Waals surface area contributed by atoms with Gasteiger partial charge in [-0.2, -0.15) is 0 Å². The molecule has 1 N–H and O–H groups in total. The van der Waals surface area contributed by atoms with Crippen molar-refractivity contribution < 1.29 is 14.6 Å². The Labute approximate surface area is 192 Å². The molecule has 2 heterocycles. The number of benzene rings is 3. The molecule has 0 aliphatic carbocycles. The van der Waals surface area contributed by atoms with Crippen LogP contribution >= 0.6 is 0 Å². The number of aromatic nitrogens is 3. The highest BCUT2D eigenvalue weighted by Crippen LogP contribution is 2.27. The fourth-order valence-corrected chi connectivity index (χ4v) is 3.90. The molecular weight excluding hydrogens is 414 g/mol. The van der Waals surface area contributed by atoms with E-state index in [2.05, 4.69) is 9.97 Å². The minimum absolute atomic E-state index is 0.186. The molecule has 0 aliphatic heterocycles. The van der Waals surface area contributed by atoms with Gasteiger partial charge in [-0.25, -0.2) is 9.97 Å². The number of hydrogen-bond donors (Lipinski definition) is 1. The second-order valence-electron chi connectivity index (χ2n) is 7.89. The number of hydrogen-bond acceptors (Lipinski definition) is 5. The van der Waals surface area contributed by atoms with Gasteiger partial charge in [0.05, 0.1) is 30.9 Å². The Kier molecular flexibility index (Phi) is 6.39. The monoisotopic (exact) mass is 439 g/mol. The molecule has 166 valence electrons. The highest BCUT2D eigenvalue weighted by Gasteiger charge is 2.26. The molecule has 5 aromatic rings. The van der Waals surface area contributed by atoms with Gasteiger partial charge in [-0.3, -0.25) is 4.40 Å². The number of rotatable bonds is 9. The van der Waals surface area contributed by atoms with E-state index in [9.17, 15) is 5.11 Å². The Hall–Kier alpha value is -3.58. The maximum absolute atomic E-state index is 10.2. The summed E-state index contributed by atoms with van der Waals surface area (Å²) in [7, 11) is 0. The number of para-hydroxylation sites is 2. The Balaban J connectivity index is 1.47. The summed E-state index contributed by atoms with van der Waals surface area (Å²) >= 11 is 0. The van der Waals surface area contributed by atoms with Crippen molar-refractivity contribution in [3.63, 3.8) is 0 Å². The molecule has 0 amide bonds. The van der Waals surface area contributed by atoms with Crippen LogP contribution < -0.4 is 0 Å². The summed E-state index contributed by atoms with van der Waals surface area (Å²) in [6.07, 6.45) is 2.65. The number of fused-ring (bicyclic) bond motifs is 3. The number of aliphatic hydroxyl groups excluding tert-OH is 1. The maximum Gasteiger partial charge on any atom is 0.234 e. The van der Waals surface area contributed by atoms with Crippen molar-refractivity contribution in [2.45, 2.75) is 25.4 Å². The smallest absolute Gasteiger partial charge is 0.234 e. The van der Waals surface area contributed by atoms with Gasteiger partial charge in [0.1, 0.15) is 12.2 Å². The van der Waals surface area contributed by atoms with Gasteiger partial charge in [-0.05, 0) is 23.3 Å². The molecule has 6 nitrogen and oxygen atoms in total. The lowest BCUT2D eigenvalue weighted by atomic mass is 10.1. The summed E-state index contributed by atoms with van der Waals surface area (Å²) < 4.78 is 14.4. The van der Waals surface area contributed by atoms with Crippen molar-refractivity contribution >= 4 is 16.8 Å². The molecule has 3 aromatic carbocycles. The fourth-order valence-electron chi connectivity index (χ4n) is 3.90. The van der Waals surface area contributed by atoms with E-state index in [-0.39, 0.29) is 6.61 Å². The largest absolute Gasteiger partial charge is 0.394 e. The van der Waals surface area contributed by atoms with Crippen molar-refractivity contribution in [2.24, 2.45) is 0 Å². The van der Waals surface area contributed by atoms with E-state index in [0.29, 0.717) is 19.0 Å². The highest BCUT2D eigenvalue weighted by molar-refractivity contribution is 5.79. The minimum atomic E-state index is -0.567. The van der Waals surface area contributed by atoms with Crippen molar-refractivity contribution in [2.75, 3.05) is 6.61 Å². The van der Waals surface area contributed by atoms with E-state index >= 15 is 0 Å². The Morgan fingerprint density at radius 1 is 0.788 bits per heavy atom. The average Bonchev–Trinajstić information content (AvgIpc) is 3.25. The summed E-state index contributed by atoms with van der Waals surface area (Å²) in [5.41, 5.74) is 4.74. The van der Waals surface area contributed by atoms with Gasteiger partial charge in [0.25, 0.3) is 0 Å². The van der Waals surface area contributed by atoms with Crippen LogP contribution in [0.25, 0.3) is 16.8 Å². The number of aliphatic hydroxyl groups is 1. The fraction of sp³-hybridized carbons (Fsp3) is 0.185. The normalized spacial score (nSPS) is 13.4. The molecule has 2 aromatic heterocycles. The molecule has 0 fully saturated rings.